The molecule has 6 nitrogen and oxygen atoms in total. The van der Waals surface area contributed by atoms with Crippen LogP contribution in [0.25, 0.3) is 0 Å². The van der Waals surface area contributed by atoms with Gasteiger partial charge in [-0.15, -0.1) is 0 Å². The molecule has 1 aromatic carbocycles. The topological polar surface area (TPSA) is 82.3 Å². The summed E-state index contributed by atoms with van der Waals surface area (Å²) in [6, 6.07) is 5.86. The minimum absolute atomic E-state index is 0.0665. The molecule has 0 radical (unpaired) electrons. The number of anilines is 3. The molecule has 1 aliphatic rings. The van der Waals surface area contributed by atoms with Crippen LogP contribution in [0.3, 0.4) is 0 Å². The molecule has 1 atom stereocenters. The Morgan fingerprint density at radius 2 is 2.32 bits per heavy atom. The summed E-state index contributed by atoms with van der Waals surface area (Å²) in [7, 11) is 0. The van der Waals surface area contributed by atoms with Crippen molar-refractivity contribution in [1.29, 1.82) is 0 Å². The van der Waals surface area contributed by atoms with Gasteiger partial charge in [0.2, 0.25) is 5.95 Å². The molecule has 0 amide bonds. The fourth-order valence-electron chi connectivity index (χ4n) is 2.05. The van der Waals surface area contributed by atoms with Gasteiger partial charge in [-0.2, -0.15) is 4.98 Å². The number of hydrogen-bond acceptors (Lipinski definition) is 6. The number of ether oxygens (including phenoxy) is 2. The van der Waals surface area contributed by atoms with Crippen LogP contribution in [-0.4, -0.2) is 29.3 Å². The Balaban J connectivity index is 1.84. The zero-order valence-corrected chi connectivity index (χ0v) is 14.5. The quantitative estimate of drug-likeness (QED) is 0.722. The van der Waals surface area contributed by atoms with Crippen LogP contribution in [-0.2, 0) is 4.74 Å². The van der Waals surface area contributed by atoms with Gasteiger partial charge in [0.15, 0.2) is 0 Å². The number of nitrogens with one attached hydrogen (secondary N) is 1. The first-order valence-electron chi connectivity index (χ1n) is 6.71. The van der Waals surface area contributed by atoms with Crippen LogP contribution in [0, 0.1) is 3.57 Å². The highest BCUT2D eigenvalue weighted by atomic mass is 127. The Morgan fingerprint density at radius 3 is 3.05 bits per heavy atom. The minimum Gasteiger partial charge on any atom is -0.486 e. The molecule has 22 heavy (non-hydrogen) atoms. The molecule has 3 rings (SSSR count). The van der Waals surface area contributed by atoms with Crippen LogP contribution in [0.2, 0.25) is 5.02 Å². The van der Waals surface area contributed by atoms with E-state index in [1.807, 2.05) is 18.2 Å². The summed E-state index contributed by atoms with van der Waals surface area (Å²) in [5.74, 6) is 1.33. The Bertz CT molecular complexity index is 680. The van der Waals surface area contributed by atoms with Crippen LogP contribution < -0.4 is 15.8 Å². The van der Waals surface area contributed by atoms with Crippen LogP contribution in [0.1, 0.15) is 6.42 Å². The third kappa shape index (κ3) is 3.71. The van der Waals surface area contributed by atoms with Gasteiger partial charge in [-0.1, -0.05) is 11.6 Å². The number of aromatic nitrogens is 2. The molecule has 8 heteroatoms. The molecule has 0 unspecified atom stereocenters. The summed E-state index contributed by atoms with van der Waals surface area (Å²) in [5, 5.41) is 3.45. The van der Waals surface area contributed by atoms with Gasteiger partial charge in [0.05, 0.1) is 25.1 Å². The standard InChI is InChI=1S/C14H14ClIN4O2/c15-10-6-18-14(20-13(10)17)19-11-5-8(16)1-2-12(11)22-9-3-4-21-7-9/h1-2,5-6,9H,3-4,7H2,(H3,17,18,19,20)/t9-/m0/s1. The maximum absolute atomic E-state index is 5.98. The molecule has 0 aliphatic carbocycles. The molecule has 1 aromatic heterocycles. The number of nitrogen functional groups attached to an aromatic ring is 1. The van der Waals surface area contributed by atoms with Gasteiger partial charge >= 0.3 is 0 Å². The van der Waals surface area contributed by atoms with E-state index >= 15 is 0 Å². The Morgan fingerprint density at radius 1 is 1.45 bits per heavy atom. The lowest BCUT2D eigenvalue weighted by Gasteiger charge is -2.16. The summed E-state index contributed by atoms with van der Waals surface area (Å²) in [4.78, 5) is 8.23. The number of hydrogen-bond donors (Lipinski definition) is 2. The zero-order valence-electron chi connectivity index (χ0n) is 11.6. The highest BCUT2D eigenvalue weighted by molar-refractivity contribution is 14.1. The van der Waals surface area contributed by atoms with Crippen molar-refractivity contribution in [1.82, 2.24) is 9.97 Å². The Hall–Kier alpha value is -1.32. The second kappa shape index (κ2) is 6.84. The van der Waals surface area contributed by atoms with Gasteiger partial charge in [-0.25, -0.2) is 4.98 Å². The van der Waals surface area contributed by atoms with E-state index in [0.29, 0.717) is 17.6 Å². The van der Waals surface area contributed by atoms with E-state index in [4.69, 9.17) is 26.8 Å². The van der Waals surface area contributed by atoms with Crippen molar-refractivity contribution in [3.05, 3.63) is 33.0 Å². The van der Waals surface area contributed by atoms with Crippen molar-refractivity contribution in [3.63, 3.8) is 0 Å². The Labute approximate surface area is 146 Å². The third-order valence-corrected chi connectivity index (χ3v) is 4.10. The number of halogens is 2. The molecule has 2 aromatic rings. The third-order valence-electron chi connectivity index (χ3n) is 3.14. The monoisotopic (exact) mass is 432 g/mol. The molecule has 116 valence electrons. The molecule has 1 saturated heterocycles. The van der Waals surface area contributed by atoms with Gasteiger partial charge in [-0.05, 0) is 40.8 Å². The van der Waals surface area contributed by atoms with Gasteiger partial charge in [0.1, 0.15) is 22.7 Å². The first-order valence-corrected chi connectivity index (χ1v) is 8.16. The SMILES string of the molecule is Nc1nc(Nc2cc(I)ccc2O[C@H]2CCOC2)ncc1Cl. The van der Waals surface area contributed by atoms with Crippen LogP contribution in [0.4, 0.5) is 17.5 Å². The lowest BCUT2D eigenvalue weighted by molar-refractivity contribution is 0.142. The van der Waals surface area contributed by atoms with E-state index in [1.165, 1.54) is 6.20 Å². The molecule has 2 heterocycles. The molecule has 3 N–H and O–H groups in total. The predicted octanol–water partition coefficient (Wildman–Crippen LogP) is 3.23. The minimum atomic E-state index is 0.0665. The average molecular weight is 433 g/mol. The van der Waals surface area contributed by atoms with Gasteiger partial charge in [-0.3, -0.25) is 0 Å². The molecule has 1 aliphatic heterocycles. The number of rotatable bonds is 4. The van der Waals surface area contributed by atoms with Crippen LogP contribution in [0.15, 0.2) is 24.4 Å². The molecular weight excluding hydrogens is 419 g/mol. The van der Waals surface area contributed by atoms with Crippen molar-refractivity contribution in [2.45, 2.75) is 12.5 Å². The lowest BCUT2D eigenvalue weighted by atomic mass is 10.2. The van der Waals surface area contributed by atoms with E-state index in [1.54, 1.807) is 0 Å². The van der Waals surface area contributed by atoms with E-state index in [-0.39, 0.29) is 11.9 Å². The van der Waals surface area contributed by atoms with Gasteiger partial charge < -0.3 is 20.5 Å². The van der Waals surface area contributed by atoms with Crippen LogP contribution >= 0.6 is 34.2 Å². The molecule has 0 spiro atoms. The van der Waals surface area contributed by atoms with Crippen molar-refractivity contribution in [3.8, 4) is 5.75 Å². The van der Waals surface area contributed by atoms with E-state index < -0.39 is 0 Å². The summed E-state index contributed by atoms with van der Waals surface area (Å²) < 4.78 is 12.4. The fourth-order valence-corrected chi connectivity index (χ4v) is 2.63. The van der Waals surface area contributed by atoms with E-state index in [0.717, 1.165) is 28.0 Å². The first kappa shape index (κ1) is 15.6. The van der Waals surface area contributed by atoms with Crippen molar-refractivity contribution in [2.24, 2.45) is 0 Å². The van der Waals surface area contributed by atoms with Gasteiger partial charge in [0, 0.05) is 9.99 Å². The lowest BCUT2D eigenvalue weighted by Crippen LogP contribution is -2.16. The normalized spacial score (nSPS) is 17.5. The zero-order chi connectivity index (χ0) is 15.5. The Kier molecular flexibility index (Phi) is 4.84. The summed E-state index contributed by atoms with van der Waals surface area (Å²) >= 11 is 8.07. The largest absolute Gasteiger partial charge is 0.486 e. The van der Waals surface area contributed by atoms with Crippen molar-refractivity contribution >= 4 is 51.6 Å². The molecule has 0 bridgehead atoms. The smallest absolute Gasteiger partial charge is 0.229 e. The first-order chi connectivity index (χ1) is 10.6. The highest BCUT2D eigenvalue weighted by Gasteiger charge is 2.19. The summed E-state index contributed by atoms with van der Waals surface area (Å²) in [6.07, 6.45) is 2.41. The van der Waals surface area contributed by atoms with Crippen molar-refractivity contribution < 1.29 is 9.47 Å². The van der Waals surface area contributed by atoms with Gasteiger partial charge in [0.25, 0.3) is 0 Å². The summed E-state index contributed by atoms with van der Waals surface area (Å²) in [5.41, 5.74) is 6.48. The maximum Gasteiger partial charge on any atom is 0.229 e. The highest BCUT2D eigenvalue weighted by Crippen LogP contribution is 2.31. The second-order valence-corrected chi connectivity index (χ2v) is 6.45. The predicted molar refractivity (Wildman–Crippen MR) is 93.7 cm³/mol. The van der Waals surface area contributed by atoms with E-state index in [2.05, 4.69) is 37.9 Å². The van der Waals surface area contributed by atoms with Crippen molar-refractivity contribution in [2.75, 3.05) is 24.3 Å². The maximum atomic E-state index is 5.98. The average Bonchev–Trinajstić information content (AvgIpc) is 2.99. The summed E-state index contributed by atoms with van der Waals surface area (Å²) in [6.45, 7) is 1.34. The van der Waals surface area contributed by atoms with E-state index in [9.17, 15) is 0 Å². The molecular formula is C14H14ClIN4O2. The second-order valence-electron chi connectivity index (χ2n) is 4.80. The number of nitrogens with zero attached hydrogens (tertiary/aromatic N) is 2. The number of nitrogens with two attached hydrogens (primary N) is 1. The number of benzene rings is 1. The molecule has 0 saturated carbocycles. The van der Waals surface area contributed by atoms with Crippen LogP contribution in [0.5, 0.6) is 5.75 Å². The molecule has 1 fully saturated rings. The fraction of sp³-hybridized carbons (Fsp3) is 0.286.